The summed E-state index contributed by atoms with van der Waals surface area (Å²) in [5.74, 6) is -2.86. The Balaban J connectivity index is 2.14. The number of anilines is 1. The number of aliphatic imine (C=N–C) groups is 1. The van der Waals surface area contributed by atoms with Crippen LogP contribution in [0.5, 0.6) is 0 Å². The highest BCUT2D eigenvalue weighted by molar-refractivity contribution is 7.80. The standard InChI is InChI=1S/C16H19FN4O2S/c1-20(2)9-5-8-18-10-11-14(22)19-16(24)21(15(11)23)13-7-4-3-6-12(13)17/h3-4,6-7,10-11H,5,8-9H2,1-2H3,(H,19,22,24). The molecule has 0 aliphatic carbocycles. The molecule has 1 fully saturated rings. The van der Waals surface area contributed by atoms with Gasteiger partial charge in [-0.05, 0) is 51.4 Å². The van der Waals surface area contributed by atoms with Crippen molar-refractivity contribution in [2.45, 2.75) is 6.42 Å². The zero-order valence-electron chi connectivity index (χ0n) is 13.5. The number of para-hydroxylation sites is 1. The minimum atomic E-state index is -1.12. The number of carbonyl (C=O) groups is 2. The van der Waals surface area contributed by atoms with Crippen molar-refractivity contribution < 1.29 is 14.0 Å². The van der Waals surface area contributed by atoms with E-state index in [4.69, 9.17) is 12.2 Å². The Morgan fingerprint density at radius 1 is 1.38 bits per heavy atom. The highest BCUT2D eigenvalue weighted by atomic mass is 32.1. The van der Waals surface area contributed by atoms with Gasteiger partial charge in [0.1, 0.15) is 5.82 Å². The number of hydrogen-bond acceptors (Lipinski definition) is 5. The minimum absolute atomic E-state index is 0.0125. The number of halogens is 1. The van der Waals surface area contributed by atoms with E-state index in [0.29, 0.717) is 6.54 Å². The maximum Gasteiger partial charge on any atom is 0.251 e. The second kappa shape index (κ2) is 8.07. The summed E-state index contributed by atoms with van der Waals surface area (Å²) in [6.07, 6.45) is 2.12. The molecule has 1 unspecified atom stereocenters. The van der Waals surface area contributed by atoms with Crippen molar-refractivity contribution in [2.24, 2.45) is 10.9 Å². The van der Waals surface area contributed by atoms with E-state index in [9.17, 15) is 14.0 Å². The fourth-order valence-electron chi connectivity index (χ4n) is 2.24. The molecule has 24 heavy (non-hydrogen) atoms. The number of amides is 2. The number of thiocarbonyl (C=S) groups is 1. The highest BCUT2D eigenvalue weighted by Gasteiger charge is 2.39. The van der Waals surface area contributed by atoms with Crippen LogP contribution in [0.2, 0.25) is 0 Å². The van der Waals surface area contributed by atoms with Gasteiger partial charge in [-0.2, -0.15) is 0 Å². The van der Waals surface area contributed by atoms with E-state index >= 15 is 0 Å². The Bertz CT molecular complexity index is 678. The molecule has 2 rings (SSSR count). The van der Waals surface area contributed by atoms with Crippen molar-refractivity contribution in [1.29, 1.82) is 0 Å². The van der Waals surface area contributed by atoms with E-state index in [0.717, 1.165) is 17.9 Å². The van der Waals surface area contributed by atoms with Crippen LogP contribution in [0, 0.1) is 11.7 Å². The lowest BCUT2D eigenvalue weighted by atomic mass is 10.1. The molecule has 1 aliphatic heterocycles. The summed E-state index contributed by atoms with van der Waals surface area (Å²) < 4.78 is 14.0. The van der Waals surface area contributed by atoms with E-state index in [-0.39, 0.29) is 10.8 Å². The predicted molar refractivity (Wildman–Crippen MR) is 94.6 cm³/mol. The zero-order chi connectivity index (χ0) is 17.7. The summed E-state index contributed by atoms with van der Waals surface area (Å²) in [7, 11) is 3.91. The van der Waals surface area contributed by atoms with Crippen LogP contribution in [0.1, 0.15) is 6.42 Å². The van der Waals surface area contributed by atoms with Crippen LogP contribution in [0.25, 0.3) is 0 Å². The van der Waals surface area contributed by atoms with Crippen LogP contribution >= 0.6 is 12.2 Å². The topological polar surface area (TPSA) is 65.0 Å². The maximum atomic E-state index is 14.0. The lowest BCUT2D eigenvalue weighted by Crippen LogP contribution is -2.58. The van der Waals surface area contributed by atoms with E-state index in [1.165, 1.54) is 24.4 Å². The molecular weight excluding hydrogens is 331 g/mol. The molecule has 1 aromatic carbocycles. The normalized spacial score (nSPS) is 18.6. The summed E-state index contributed by atoms with van der Waals surface area (Å²) in [6.45, 7) is 1.35. The molecule has 2 amide bonds. The number of hydrogen-bond donors (Lipinski definition) is 1. The quantitative estimate of drug-likeness (QED) is 0.363. The lowest BCUT2D eigenvalue weighted by Gasteiger charge is -2.31. The lowest BCUT2D eigenvalue weighted by molar-refractivity contribution is -0.130. The SMILES string of the molecule is CN(C)CCCN=CC1C(=O)NC(=S)N(c2ccccc2F)C1=O. The minimum Gasteiger partial charge on any atom is -0.309 e. The Labute approximate surface area is 145 Å². The van der Waals surface area contributed by atoms with Gasteiger partial charge in [-0.1, -0.05) is 12.1 Å². The Morgan fingerprint density at radius 2 is 2.08 bits per heavy atom. The third-order valence-electron chi connectivity index (χ3n) is 3.44. The molecular formula is C16H19FN4O2S. The largest absolute Gasteiger partial charge is 0.309 e. The van der Waals surface area contributed by atoms with Crippen molar-refractivity contribution in [3.63, 3.8) is 0 Å². The number of rotatable bonds is 6. The first-order valence-electron chi connectivity index (χ1n) is 7.50. The van der Waals surface area contributed by atoms with Crippen LogP contribution in [0.4, 0.5) is 10.1 Å². The van der Waals surface area contributed by atoms with Crippen molar-refractivity contribution in [1.82, 2.24) is 10.2 Å². The molecule has 8 heteroatoms. The van der Waals surface area contributed by atoms with Gasteiger partial charge in [0.15, 0.2) is 11.0 Å². The third-order valence-corrected chi connectivity index (χ3v) is 3.73. The first kappa shape index (κ1) is 18.2. The molecule has 128 valence electrons. The molecule has 0 spiro atoms. The summed E-state index contributed by atoms with van der Waals surface area (Å²) in [5, 5.41) is 2.29. The van der Waals surface area contributed by atoms with Gasteiger partial charge in [0.05, 0.1) is 5.69 Å². The van der Waals surface area contributed by atoms with E-state index < -0.39 is 23.5 Å². The van der Waals surface area contributed by atoms with Gasteiger partial charge < -0.3 is 10.2 Å². The molecule has 6 nitrogen and oxygen atoms in total. The average molecular weight is 350 g/mol. The smallest absolute Gasteiger partial charge is 0.251 e. The fraction of sp³-hybridized carbons (Fsp3) is 0.375. The van der Waals surface area contributed by atoms with Gasteiger partial charge >= 0.3 is 0 Å². The molecule has 0 saturated carbocycles. The summed E-state index contributed by atoms with van der Waals surface area (Å²) in [4.78, 5) is 31.8. The predicted octanol–water partition coefficient (Wildman–Crippen LogP) is 1.21. The van der Waals surface area contributed by atoms with Gasteiger partial charge in [0, 0.05) is 12.8 Å². The van der Waals surface area contributed by atoms with Gasteiger partial charge in [0.2, 0.25) is 5.91 Å². The van der Waals surface area contributed by atoms with Gasteiger partial charge in [-0.3, -0.25) is 19.5 Å². The van der Waals surface area contributed by atoms with E-state index in [2.05, 4.69) is 10.3 Å². The number of benzene rings is 1. The first-order valence-corrected chi connectivity index (χ1v) is 7.90. The molecule has 1 heterocycles. The molecule has 1 atom stereocenters. The molecule has 1 aliphatic rings. The monoisotopic (exact) mass is 350 g/mol. The van der Waals surface area contributed by atoms with Gasteiger partial charge in [-0.15, -0.1) is 0 Å². The van der Waals surface area contributed by atoms with Gasteiger partial charge in [-0.25, -0.2) is 4.39 Å². The number of carbonyl (C=O) groups excluding carboxylic acids is 2. The van der Waals surface area contributed by atoms with E-state index in [1.807, 2.05) is 19.0 Å². The molecule has 0 radical (unpaired) electrons. The van der Waals surface area contributed by atoms with Crippen molar-refractivity contribution in [3.05, 3.63) is 30.1 Å². The first-order chi connectivity index (χ1) is 11.4. The van der Waals surface area contributed by atoms with Crippen molar-refractivity contribution in [2.75, 3.05) is 32.1 Å². The Kier molecular flexibility index (Phi) is 6.10. The molecule has 1 saturated heterocycles. The maximum absolute atomic E-state index is 14.0. The Hall–Kier alpha value is -2.19. The Morgan fingerprint density at radius 3 is 2.75 bits per heavy atom. The highest BCUT2D eigenvalue weighted by Crippen LogP contribution is 2.23. The van der Waals surface area contributed by atoms with Crippen molar-refractivity contribution >= 4 is 41.0 Å². The fourth-order valence-corrected chi connectivity index (χ4v) is 2.53. The van der Waals surface area contributed by atoms with E-state index in [1.54, 1.807) is 6.07 Å². The van der Waals surface area contributed by atoms with Crippen LogP contribution in [-0.2, 0) is 9.59 Å². The number of nitrogens with one attached hydrogen (secondary N) is 1. The van der Waals surface area contributed by atoms with Crippen LogP contribution in [0.15, 0.2) is 29.3 Å². The molecule has 0 aromatic heterocycles. The summed E-state index contributed by atoms with van der Waals surface area (Å²) in [6, 6.07) is 5.77. The van der Waals surface area contributed by atoms with Crippen LogP contribution < -0.4 is 10.2 Å². The third kappa shape index (κ3) is 4.21. The molecule has 0 bridgehead atoms. The van der Waals surface area contributed by atoms with Crippen LogP contribution in [-0.4, -0.2) is 55.2 Å². The van der Waals surface area contributed by atoms with Gasteiger partial charge in [0.25, 0.3) is 5.91 Å². The number of nitrogens with zero attached hydrogens (tertiary/aromatic N) is 3. The zero-order valence-corrected chi connectivity index (χ0v) is 14.3. The summed E-state index contributed by atoms with van der Waals surface area (Å²) >= 11 is 5.02. The van der Waals surface area contributed by atoms with Crippen LogP contribution in [0.3, 0.4) is 0 Å². The molecule has 1 aromatic rings. The second-order valence-corrected chi connectivity index (χ2v) is 6.00. The van der Waals surface area contributed by atoms with Crippen molar-refractivity contribution in [3.8, 4) is 0 Å². The average Bonchev–Trinajstić information content (AvgIpc) is 2.51. The molecule has 1 N–H and O–H groups in total. The summed E-state index contributed by atoms with van der Waals surface area (Å²) in [5.41, 5.74) is 0.0125. The second-order valence-electron chi connectivity index (χ2n) is 5.61.